The van der Waals surface area contributed by atoms with E-state index in [9.17, 15) is 4.79 Å². The Hall–Kier alpha value is -2.85. The highest BCUT2D eigenvalue weighted by atomic mass is 35.5. The second-order valence-electron chi connectivity index (χ2n) is 6.26. The number of rotatable bonds is 5. The van der Waals surface area contributed by atoms with Gasteiger partial charge in [-0.15, -0.1) is 0 Å². The maximum atomic E-state index is 12.2. The molecule has 2 aromatic carbocycles. The summed E-state index contributed by atoms with van der Waals surface area (Å²) in [6.45, 7) is 4.31. The van der Waals surface area contributed by atoms with E-state index in [1.54, 1.807) is 30.5 Å². The zero-order valence-corrected chi connectivity index (χ0v) is 15.4. The molecular formula is C21H20ClN3O. The molecule has 0 saturated carbocycles. The maximum absolute atomic E-state index is 12.2. The maximum Gasteiger partial charge on any atom is 0.255 e. The molecule has 0 aliphatic rings. The van der Waals surface area contributed by atoms with Crippen LogP contribution in [0.3, 0.4) is 0 Å². The van der Waals surface area contributed by atoms with Crippen LogP contribution >= 0.6 is 11.6 Å². The van der Waals surface area contributed by atoms with E-state index in [1.165, 1.54) is 5.56 Å². The number of nitrogens with zero attached hydrogens (tertiary/aromatic N) is 1. The Morgan fingerprint density at radius 3 is 2.38 bits per heavy atom. The molecule has 0 radical (unpaired) electrons. The van der Waals surface area contributed by atoms with Crippen molar-refractivity contribution < 1.29 is 4.79 Å². The van der Waals surface area contributed by atoms with E-state index in [0.717, 1.165) is 11.5 Å². The summed E-state index contributed by atoms with van der Waals surface area (Å²) in [7, 11) is 0. The summed E-state index contributed by atoms with van der Waals surface area (Å²) in [6, 6.07) is 18.6. The van der Waals surface area contributed by atoms with Crippen LogP contribution in [0.2, 0.25) is 5.02 Å². The lowest BCUT2D eigenvalue weighted by Gasteiger charge is -2.14. The Morgan fingerprint density at radius 2 is 1.73 bits per heavy atom. The van der Waals surface area contributed by atoms with Gasteiger partial charge in [-0.05, 0) is 53.9 Å². The number of hydrogen-bond donors (Lipinski definition) is 2. The number of anilines is 3. The van der Waals surface area contributed by atoms with E-state index in [0.29, 0.717) is 22.2 Å². The van der Waals surface area contributed by atoms with Crippen LogP contribution in [0.4, 0.5) is 17.2 Å². The van der Waals surface area contributed by atoms with Gasteiger partial charge >= 0.3 is 0 Å². The van der Waals surface area contributed by atoms with Crippen molar-refractivity contribution >= 4 is 34.7 Å². The van der Waals surface area contributed by atoms with Crippen molar-refractivity contribution in [2.75, 3.05) is 10.6 Å². The summed E-state index contributed by atoms with van der Waals surface area (Å²) in [5.41, 5.74) is 3.44. The Labute approximate surface area is 158 Å². The average Bonchev–Trinajstić information content (AvgIpc) is 2.64. The molecule has 1 heterocycles. The minimum atomic E-state index is -0.200. The number of carbonyl (C=O) groups is 1. The van der Waals surface area contributed by atoms with Crippen molar-refractivity contribution in [1.82, 2.24) is 4.98 Å². The van der Waals surface area contributed by atoms with E-state index in [2.05, 4.69) is 35.5 Å². The number of nitrogens with one attached hydrogen (secondary N) is 2. The molecule has 1 amide bonds. The molecule has 0 fully saturated rings. The molecule has 132 valence electrons. The predicted molar refractivity (Wildman–Crippen MR) is 107 cm³/mol. The molecular weight excluding hydrogens is 346 g/mol. The van der Waals surface area contributed by atoms with Gasteiger partial charge in [-0.1, -0.05) is 43.6 Å². The molecule has 26 heavy (non-hydrogen) atoms. The first kappa shape index (κ1) is 18.0. The van der Waals surface area contributed by atoms with Crippen molar-refractivity contribution in [3.63, 3.8) is 0 Å². The highest BCUT2D eigenvalue weighted by Crippen LogP contribution is 2.26. The molecule has 0 unspecified atom stereocenters. The van der Waals surface area contributed by atoms with Crippen LogP contribution in [0.5, 0.6) is 0 Å². The summed E-state index contributed by atoms with van der Waals surface area (Å²) in [5.74, 6) is 0.938. The SMILES string of the molecule is CC(C)c1ccccc1Nc1ccc(NC(=O)c2ccc(Cl)cc2)cn1. The highest BCUT2D eigenvalue weighted by molar-refractivity contribution is 6.30. The Morgan fingerprint density at radius 1 is 1.00 bits per heavy atom. The predicted octanol–water partition coefficient (Wildman–Crippen LogP) is 5.85. The van der Waals surface area contributed by atoms with Crippen LogP contribution in [0.15, 0.2) is 66.9 Å². The van der Waals surface area contributed by atoms with Gasteiger partial charge < -0.3 is 10.6 Å². The number of para-hydroxylation sites is 1. The standard InChI is InChI=1S/C21H20ClN3O/c1-14(2)18-5-3-4-6-19(18)25-20-12-11-17(13-23-20)24-21(26)15-7-9-16(22)10-8-15/h3-14H,1-2H3,(H,23,25)(H,24,26). The van der Waals surface area contributed by atoms with Crippen LogP contribution in [0.1, 0.15) is 35.7 Å². The van der Waals surface area contributed by atoms with Gasteiger partial charge in [-0.3, -0.25) is 4.79 Å². The topological polar surface area (TPSA) is 54.0 Å². The Bertz CT molecular complexity index is 890. The zero-order valence-electron chi connectivity index (χ0n) is 14.7. The molecule has 0 atom stereocenters. The third-order valence-electron chi connectivity index (χ3n) is 3.97. The van der Waals surface area contributed by atoms with Gasteiger partial charge in [-0.25, -0.2) is 4.98 Å². The Kier molecular flexibility index (Phi) is 5.54. The molecule has 0 spiro atoms. The molecule has 0 saturated heterocycles. The second-order valence-corrected chi connectivity index (χ2v) is 6.70. The van der Waals surface area contributed by atoms with E-state index in [-0.39, 0.29) is 5.91 Å². The third-order valence-corrected chi connectivity index (χ3v) is 4.23. The summed E-state index contributed by atoms with van der Waals surface area (Å²) in [5, 5.41) is 6.76. The fourth-order valence-corrected chi connectivity index (χ4v) is 2.72. The molecule has 2 N–H and O–H groups in total. The van der Waals surface area contributed by atoms with Crippen LogP contribution in [-0.2, 0) is 0 Å². The summed E-state index contributed by atoms with van der Waals surface area (Å²) < 4.78 is 0. The fourth-order valence-electron chi connectivity index (χ4n) is 2.60. The van der Waals surface area contributed by atoms with Crippen LogP contribution in [0, 0.1) is 0 Å². The van der Waals surface area contributed by atoms with Gasteiger partial charge in [0.15, 0.2) is 0 Å². The molecule has 1 aromatic heterocycles. The summed E-state index contributed by atoms with van der Waals surface area (Å²) in [6.07, 6.45) is 1.63. The van der Waals surface area contributed by atoms with Crippen LogP contribution in [-0.4, -0.2) is 10.9 Å². The van der Waals surface area contributed by atoms with Gasteiger partial charge in [0.2, 0.25) is 0 Å². The van der Waals surface area contributed by atoms with Gasteiger partial charge in [0, 0.05) is 16.3 Å². The number of benzene rings is 2. The van der Waals surface area contributed by atoms with Crippen molar-refractivity contribution in [3.8, 4) is 0 Å². The minimum absolute atomic E-state index is 0.200. The highest BCUT2D eigenvalue weighted by Gasteiger charge is 2.08. The smallest absolute Gasteiger partial charge is 0.255 e. The second kappa shape index (κ2) is 8.02. The first-order chi connectivity index (χ1) is 12.5. The molecule has 3 aromatic rings. The van der Waals surface area contributed by atoms with Crippen molar-refractivity contribution in [2.45, 2.75) is 19.8 Å². The van der Waals surface area contributed by atoms with Crippen molar-refractivity contribution in [3.05, 3.63) is 83.0 Å². The summed E-state index contributed by atoms with van der Waals surface area (Å²) >= 11 is 5.84. The number of pyridine rings is 1. The molecule has 0 aliphatic carbocycles. The lowest BCUT2D eigenvalue weighted by molar-refractivity contribution is 0.102. The lowest BCUT2D eigenvalue weighted by Crippen LogP contribution is -2.12. The Balaban J connectivity index is 1.69. The average molecular weight is 366 g/mol. The molecule has 5 heteroatoms. The van der Waals surface area contributed by atoms with Gasteiger partial charge in [0.05, 0.1) is 11.9 Å². The van der Waals surface area contributed by atoms with Crippen LogP contribution in [0.25, 0.3) is 0 Å². The minimum Gasteiger partial charge on any atom is -0.340 e. The number of amides is 1. The van der Waals surface area contributed by atoms with E-state index < -0.39 is 0 Å². The summed E-state index contributed by atoms with van der Waals surface area (Å²) in [4.78, 5) is 16.6. The number of hydrogen-bond acceptors (Lipinski definition) is 3. The molecule has 4 nitrogen and oxygen atoms in total. The largest absolute Gasteiger partial charge is 0.340 e. The normalized spacial score (nSPS) is 10.6. The first-order valence-corrected chi connectivity index (χ1v) is 8.79. The van der Waals surface area contributed by atoms with Crippen LogP contribution < -0.4 is 10.6 Å². The molecule has 0 bridgehead atoms. The lowest BCUT2D eigenvalue weighted by atomic mass is 10.0. The van der Waals surface area contributed by atoms with Crippen molar-refractivity contribution in [1.29, 1.82) is 0 Å². The van der Waals surface area contributed by atoms with E-state index >= 15 is 0 Å². The number of halogens is 1. The van der Waals surface area contributed by atoms with E-state index in [4.69, 9.17) is 11.6 Å². The number of aromatic nitrogens is 1. The third kappa shape index (κ3) is 4.41. The first-order valence-electron chi connectivity index (χ1n) is 8.42. The monoisotopic (exact) mass is 365 g/mol. The van der Waals surface area contributed by atoms with Gasteiger partial charge in [0.1, 0.15) is 5.82 Å². The molecule has 0 aliphatic heterocycles. The molecule has 3 rings (SSSR count). The zero-order chi connectivity index (χ0) is 18.5. The van der Waals surface area contributed by atoms with Gasteiger partial charge in [-0.2, -0.15) is 0 Å². The van der Waals surface area contributed by atoms with Gasteiger partial charge in [0.25, 0.3) is 5.91 Å². The number of carbonyl (C=O) groups excluding carboxylic acids is 1. The van der Waals surface area contributed by atoms with E-state index in [1.807, 2.05) is 30.3 Å². The fraction of sp³-hybridized carbons (Fsp3) is 0.143. The van der Waals surface area contributed by atoms with Crippen molar-refractivity contribution in [2.24, 2.45) is 0 Å². The quantitative estimate of drug-likeness (QED) is 0.595.